The zero-order valence-corrected chi connectivity index (χ0v) is 20.7. The van der Waals surface area contributed by atoms with Gasteiger partial charge in [-0.2, -0.15) is 4.31 Å². The van der Waals surface area contributed by atoms with Crippen LogP contribution in [-0.2, 0) is 10.0 Å². The number of piperazine rings is 1. The normalized spacial score (nSPS) is 20.3. The van der Waals surface area contributed by atoms with Crippen molar-refractivity contribution in [2.45, 2.75) is 43.0 Å². The van der Waals surface area contributed by atoms with E-state index >= 15 is 0 Å². The van der Waals surface area contributed by atoms with Gasteiger partial charge in [0.1, 0.15) is 5.82 Å². The monoisotopic (exact) mass is 498 g/mol. The molecule has 32 heavy (non-hydrogen) atoms. The van der Waals surface area contributed by atoms with Crippen LogP contribution in [0.4, 0.5) is 5.82 Å². The van der Waals surface area contributed by atoms with Crippen LogP contribution < -0.4 is 4.90 Å². The Labute approximate surface area is 203 Å². The summed E-state index contributed by atoms with van der Waals surface area (Å²) in [5, 5.41) is 0. The third-order valence-corrected chi connectivity index (χ3v) is 8.50. The Morgan fingerprint density at radius 3 is 1.94 bits per heavy atom. The average molecular weight is 500 g/mol. The topological polar surface area (TPSA) is 56.8 Å². The quantitative estimate of drug-likeness (QED) is 0.622. The second kappa shape index (κ2) is 10.7. The smallest absolute Gasteiger partial charge is 0.243 e. The van der Waals surface area contributed by atoms with Crippen molar-refractivity contribution < 1.29 is 8.42 Å². The summed E-state index contributed by atoms with van der Waals surface area (Å²) in [6, 6.07) is 12.2. The van der Waals surface area contributed by atoms with Crippen molar-refractivity contribution in [3.63, 3.8) is 0 Å². The third-order valence-electron chi connectivity index (χ3n) is 6.59. The lowest BCUT2D eigenvalue weighted by molar-refractivity contribution is 0.247. The van der Waals surface area contributed by atoms with E-state index in [9.17, 15) is 8.42 Å². The van der Waals surface area contributed by atoms with Gasteiger partial charge in [0.05, 0.1) is 4.90 Å². The van der Waals surface area contributed by atoms with E-state index in [0.29, 0.717) is 18.0 Å². The zero-order chi connectivity index (χ0) is 20.6. The lowest BCUT2D eigenvalue weighted by Gasteiger charge is -2.35. The molecule has 1 aromatic heterocycles. The molecule has 0 N–H and O–H groups in total. The van der Waals surface area contributed by atoms with E-state index in [2.05, 4.69) is 26.9 Å². The molecule has 3 aliphatic rings. The van der Waals surface area contributed by atoms with Crippen LogP contribution in [0.1, 0.15) is 32.1 Å². The molecule has 2 saturated heterocycles. The molecular formula is C23H32Cl2N4O2S. The van der Waals surface area contributed by atoms with Crippen LogP contribution in [-0.4, -0.2) is 67.9 Å². The Hall–Kier alpha value is -1.38. The van der Waals surface area contributed by atoms with Gasteiger partial charge in [0.25, 0.3) is 0 Å². The molecule has 2 aromatic rings. The molecule has 1 aliphatic carbocycles. The van der Waals surface area contributed by atoms with Gasteiger partial charge in [-0.1, -0.05) is 18.6 Å². The minimum atomic E-state index is -3.38. The number of hydrogen-bond donors (Lipinski definition) is 0. The van der Waals surface area contributed by atoms with E-state index in [1.807, 2.05) is 18.3 Å². The molecule has 0 spiro atoms. The van der Waals surface area contributed by atoms with E-state index in [1.54, 1.807) is 16.4 Å². The molecule has 3 fully saturated rings. The highest BCUT2D eigenvalue weighted by molar-refractivity contribution is 7.89. The van der Waals surface area contributed by atoms with Crippen molar-refractivity contribution in [1.82, 2.24) is 14.2 Å². The molecule has 9 heteroatoms. The standard InChI is InChI=1S/C23H30N4O2S.2ClH/c28-30(29,27-12-2-1-3-13-27)22-9-4-19(5-10-22)20-6-11-23(24-18-20)26-16-14-25(15-17-26)21-7-8-21;;/h4-6,9-11,18,21H,1-3,7-8,12-17H2;2*1H. The van der Waals surface area contributed by atoms with Crippen molar-refractivity contribution in [1.29, 1.82) is 0 Å². The number of anilines is 1. The summed E-state index contributed by atoms with van der Waals surface area (Å²) in [7, 11) is -3.38. The summed E-state index contributed by atoms with van der Waals surface area (Å²) in [4.78, 5) is 10.0. The van der Waals surface area contributed by atoms with E-state index in [-0.39, 0.29) is 24.8 Å². The lowest BCUT2D eigenvalue weighted by Crippen LogP contribution is -2.47. The van der Waals surface area contributed by atoms with Crippen LogP contribution in [0.15, 0.2) is 47.5 Å². The molecule has 1 aromatic carbocycles. The van der Waals surface area contributed by atoms with Crippen LogP contribution in [0.3, 0.4) is 0 Å². The number of halogens is 2. The molecule has 2 aliphatic heterocycles. The van der Waals surface area contributed by atoms with Crippen LogP contribution in [0.25, 0.3) is 11.1 Å². The van der Waals surface area contributed by atoms with Crippen LogP contribution >= 0.6 is 24.8 Å². The Bertz CT molecular complexity index is 968. The summed E-state index contributed by atoms with van der Waals surface area (Å²) in [5.74, 6) is 1.03. The van der Waals surface area contributed by atoms with Gasteiger partial charge < -0.3 is 4.90 Å². The first-order valence-corrected chi connectivity index (χ1v) is 12.6. The fourth-order valence-electron chi connectivity index (χ4n) is 4.57. The lowest BCUT2D eigenvalue weighted by atomic mass is 10.1. The molecule has 0 amide bonds. The number of nitrogens with zero attached hydrogens (tertiary/aromatic N) is 4. The van der Waals surface area contributed by atoms with Gasteiger partial charge in [0, 0.05) is 57.1 Å². The Kier molecular flexibility index (Phi) is 8.44. The van der Waals surface area contributed by atoms with Crippen molar-refractivity contribution >= 4 is 40.7 Å². The third kappa shape index (κ3) is 5.39. The van der Waals surface area contributed by atoms with Crippen molar-refractivity contribution in [2.24, 2.45) is 0 Å². The Morgan fingerprint density at radius 2 is 1.38 bits per heavy atom. The highest BCUT2D eigenvalue weighted by atomic mass is 35.5. The molecule has 176 valence electrons. The second-order valence-electron chi connectivity index (χ2n) is 8.65. The molecule has 1 saturated carbocycles. The highest BCUT2D eigenvalue weighted by Crippen LogP contribution is 2.29. The van der Waals surface area contributed by atoms with Gasteiger partial charge >= 0.3 is 0 Å². The maximum absolute atomic E-state index is 12.8. The van der Waals surface area contributed by atoms with Crippen molar-refractivity contribution in [3.05, 3.63) is 42.6 Å². The number of piperidine rings is 1. The molecule has 0 radical (unpaired) electrons. The summed E-state index contributed by atoms with van der Waals surface area (Å²) in [5.41, 5.74) is 2.00. The largest absolute Gasteiger partial charge is 0.354 e. The summed E-state index contributed by atoms with van der Waals surface area (Å²) in [6.07, 6.45) is 7.65. The van der Waals surface area contributed by atoms with Crippen molar-refractivity contribution in [3.8, 4) is 11.1 Å². The van der Waals surface area contributed by atoms with Crippen LogP contribution in [0, 0.1) is 0 Å². The summed E-state index contributed by atoms with van der Waals surface area (Å²) >= 11 is 0. The number of rotatable bonds is 5. The number of benzene rings is 1. The van der Waals surface area contributed by atoms with Gasteiger partial charge in [-0.3, -0.25) is 4.90 Å². The molecule has 6 nitrogen and oxygen atoms in total. The zero-order valence-electron chi connectivity index (χ0n) is 18.2. The molecule has 0 unspecified atom stereocenters. The van der Waals surface area contributed by atoms with Gasteiger partial charge in [-0.05, 0) is 55.5 Å². The number of sulfonamides is 1. The molecular weight excluding hydrogens is 467 g/mol. The second-order valence-corrected chi connectivity index (χ2v) is 10.6. The fourth-order valence-corrected chi connectivity index (χ4v) is 6.09. The first-order chi connectivity index (χ1) is 14.6. The van der Waals surface area contributed by atoms with E-state index in [0.717, 1.165) is 68.4 Å². The summed E-state index contributed by atoms with van der Waals surface area (Å²) < 4.78 is 27.3. The number of pyridine rings is 1. The maximum atomic E-state index is 12.8. The minimum Gasteiger partial charge on any atom is -0.354 e. The predicted molar refractivity (Wildman–Crippen MR) is 134 cm³/mol. The van der Waals surface area contributed by atoms with E-state index in [1.165, 1.54) is 12.8 Å². The van der Waals surface area contributed by atoms with Gasteiger partial charge in [0.15, 0.2) is 0 Å². The van der Waals surface area contributed by atoms with Gasteiger partial charge in [0.2, 0.25) is 10.0 Å². The minimum absolute atomic E-state index is 0. The first kappa shape index (κ1) is 25.2. The highest BCUT2D eigenvalue weighted by Gasteiger charge is 2.31. The van der Waals surface area contributed by atoms with Gasteiger partial charge in [-0.15, -0.1) is 24.8 Å². The average Bonchev–Trinajstić information content (AvgIpc) is 3.66. The molecule has 5 rings (SSSR count). The molecule has 0 atom stereocenters. The first-order valence-electron chi connectivity index (χ1n) is 11.2. The van der Waals surface area contributed by atoms with Gasteiger partial charge in [-0.25, -0.2) is 13.4 Å². The SMILES string of the molecule is Cl.Cl.O=S(=O)(c1ccc(-c2ccc(N3CCN(C4CC4)CC3)nc2)cc1)N1CCCCC1. The van der Waals surface area contributed by atoms with Crippen molar-refractivity contribution in [2.75, 3.05) is 44.2 Å². The van der Waals surface area contributed by atoms with Crippen LogP contribution in [0.5, 0.6) is 0 Å². The fraction of sp³-hybridized carbons (Fsp3) is 0.522. The molecule has 3 heterocycles. The van der Waals surface area contributed by atoms with E-state index < -0.39 is 10.0 Å². The summed E-state index contributed by atoms with van der Waals surface area (Å²) in [6.45, 7) is 5.58. The Balaban J connectivity index is 0.00000144. The number of aromatic nitrogens is 1. The van der Waals surface area contributed by atoms with E-state index in [4.69, 9.17) is 0 Å². The predicted octanol–water partition coefficient (Wildman–Crippen LogP) is 4.05. The molecule has 0 bridgehead atoms. The Morgan fingerprint density at radius 1 is 0.750 bits per heavy atom. The van der Waals surface area contributed by atoms with Crippen LogP contribution in [0.2, 0.25) is 0 Å². The maximum Gasteiger partial charge on any atom is 0.243 e. The number of hydrogen-bond acceptors (Lipinski definition) is 5.